The molecule has 0 saturated carbocycles. The molecule has 0 fully saturated rings. The largest absolute Gasteiger partial charge is 0.378 e. The fourth-order valence-corrected chi connectivity index (χ4v) is 1.73. The Morgan fingerprint density at radius 3 is 2.53 bits per heavy atom. The fourth-order valence-electron chi connectivity index (χ4n) is 0.924. The highest BCUT2D eigenvalue weighted by molar-refractivity contribution is 7.91. The molecule has 1 aromatic heterocycles. The highest BCUT2D eigenvalue weighted by Crippen LogP contribution is 2.20. The second-order valence-electron chi connectivity index (χ2n) is 2.71. The van der Waals surface area contributed by atoms with Gasteiger partial charge < -0.3 is 5.73 Å². The third-order valence-electron chi connectivity index (χ3n) is 1.77. The molecule has 0 aliphatic carbocycles. The molecule has 0 aliphatic rings. The summed E-state index contributed by atoms with van der Waals surface area (Å²) in [5.41, 5.74) is 4.86. The van der Waals surface area contributed by atoms with E-state index in [0.717, 1.165) is 12.1 Å². The standard InChI is InChI=1S/C7H9N3O4S/c1-2-15(13,14)6-4-3-5(10(11)12)7(8)9-6/h3-4H,2H2,1H3,(H2,8,9). The molecule has 1 aromatic rings. The first kappa shape index (κ1) is 11.4. The average molecular weight is 231 g/mol. The third-order valence-corrected chi connectivity index (χ3v) is 3.40. The van der Waals surface area contributed by atoms with Crippen molar-refractivity contribution in [2.45, 2.75) is 11.9 Å². The number of nitrogen functional groups attached to an aromatic ring is 1. The van der Waals surface area contributed by atoms with Gasteiger partial charge in [0.15, 0.2) is 14.9 Å². The predicted octanol–water partition coefficient (Wildman–Crippen LogP) is 0.366. The maximum Gasteiger partial charge on any atom is 0.311 e. The Balaban J connectivity index is 3.30. The minimum absolute atomic E-state index is 0.128. The van der Waals surface area contributed by atoms with Crippen LogP contribution in [0.15, 0.2) is 17.2 Å². The topological polar surface area (TPSA) is 116 Å². The van der Waals surface area contributed by atoms with E-state index in [9.17, 15) is 18.5 Å². The number of sulfone groups is 1. The Labute approximate surface area is 86.0 Å². The number of nitrogens with zero attached hydrogens (tertiary/aromatic N) is 2. The van der Waals surface area contributed by atoms with Gasteiger partial charge in [-0.25, -0.2) is 13.4 Å². The van der Waals surface area contributed by atoms with Gasteiger partial charge in [0.1, 0.15) is 0 Å². The van der Waals surface area contributed by atoms with Crippen LogP contribution in [-0.2, 0) is 9.84 Å². The molecule has 0 radical (unpaired) electrons. The lowest BCUT2D eigenvalue weighted by atomic mass is 10.4. The molecule has 0 unspecified atom stereocenters. The Bertz CT molecular complexity index is 497. The molecule has 8 heteroatoms. The van der Waals surface area contributed by atoms with E-state index in [1.54, 1.807) is 0 Å². The molecule has 1 rings (SSSR count). The van der Waals surface area contributed by atoms with E-state index in [4.69, 9.17) is 5.73 Å². The lowest BCUT2D eigenvalue weighted by Gasteiger charge is -2.01. The number of hydrogen-bond acceptors (Lipinski definition) is 6. The molecule has 1 heterocycles. The zero-order valence-electron chi connectivity index (χ0n) is 7.87. The second kappa shape index (κ2) is 3.81. The van der Waals surface area contributed by atoms with Crippen LogP contribution >= 0.6 is 0 Å². The van der Waals surface area contributed by atoms with E-state index < -0.39 is 26.3 Å². The molecule has 2 N–H and O–H groups in total. The van der Waals surface area contributed by atoms with Crippen molar-refractivity contribution in [3.05, 3.63) is 22.2 Å². The Morgan fingerprint density at radius 1 is 1.53 bits per heavy atom. The van der Waals surface area contributed by atoms with E-state index >= 15 is 0 Å². The first-order valence-electron chi connectivity index (χ1n) is 4.02. The lowest BCUT2D eigenvalue weighted by Crippen LogP contribution is -2.08. The lowest BCUT2D eigenvalue weighted by molar-refractivity contribution is -0.384. The summed E-state index contributed by atoms with van der Waals surface area (Å²) in [6.45, 7) is 1.45. The minimum Gasteiger partial charge on any atom is -0.378 e. The SMILES string of the molecule is CCS(=O)(=O)c1ccc([N+](=O)[O-])c(N)n1. The molecule has 82 valence electrons. The second-order valence-corrected chi connectivity index (χ2v) is 4.94. The Kier molecular flexibility index (Phi) is 2.89. The highest BCUT2D eigenvalue weighted by Gasteiger charge is 2.19. The molecule has 0 saturated heterocycles. The number of pyridine rings is 1. The van der Waals surface area contributed by atoms with Crippen molar-refractivity contribution in [3.8, 4) is 0 Å². The third kappa shape index (κ3) is 2.21. The van der Waals surface area contributed by atoms with Crippen LogP contribution in [0.4, 0.5) is 11.5 Å². The van der Waals surface area contributed by atoms with E-state index in [1.165, 1.54) is 6.92 Å². The fraction of sp³-hybridized carbons (Fsp3) is 0.286. The smallest absolute Gasteiger partial charge is 0.311 e. The van der Waals surface area contributed by atoms with Crippen LogP contribution in [0.5, 0.6) is 0 Å². The number of nitrogens with two attached hydrogens (primary N) is 1. The number of anilines is 1. The molecule has 0 bridgehead atoms. The normalized spacial score (nSPS) is 11.3. The van der Waals surface area contributed by atoms with E-state index in [1.807, 2.05) is 0 Å². The van der Waals surface area contributed by atoms with Gasteiger partial charge in [-0.15, -0.1) is 0 Å². The molecule has 15 heavy (non-hydrogen) atoms. The maximum atomic E-state index is 11.3. The minimum atomic E-state index is -3.48. The van der Waals surface area contributed by atoms with Gasteiger partial charge in [0, 0.05) is 6.07 Å². The summed E-state index contributed by atoms with van der Waals surface area (Å²) >= 11 is 0. The number of rotatable bonds is 3. The van der Waals surface area contributed by atoms with Crippen LogP contribution < -0.4 is 5.73 Å². The molecule has 0 atom stereocenters. The first-order chi connectivity index (χ1) is 6.88. The van der Waals surface area contributed by atoms with E-state index in [0.29, 0.717) is 0 Å². The quantitative estimate of drug-likeness (QED) is 0.593. The van der Waals surface area contributed by atoms with Gasteiger partial charge in [-0.2, -0.15) is 0 Å². The molecule has 7 nitrogen and oxygen atoms in total. The van der Waals surface area contributed by atoms with Crippen LogP contribution in [0.2, 0.25) is 0 Å². The van der Waals surface area contributed by atoms with Crippen molar-refractivity contribution in [3.63, 3.8) is 0 Å². The van der Waals surface area contributed by atoms with Crippen molar-refractivity contribution in [1.29, 1.82) is 0 Å². The maximum absolute atomic E-state index is 11.3. The van der Waals surface area contributed by atoms with Crippen molar-refractivity contribution in [2.75, 3.05) is 11.5 Å². The van der Waals surface area contributed by atoms with Gasteiger partial charge in [-0.1, -0.05) is 6.92 Å². The zero-order valence-corrected chi connectivity index (χ0v) is 8.69. The van der Waals surface area contributed by atoms with Crippen molar-refractivity contribution in [1.82, 2.24) is 4.98 Å². The Hall–Kier alpha value is -1.70. The average Bonchev–Trinajstić information content (AvgIpc) is 2.17. The summed E-state index contributed by atoms with van der Waals surface area (Å²) in [6.07, 6.45) is 0. The summed E-state index contributed by atoms with van der Waals surface area (Å²) in [6, 6.07) is 2.11. The Morgan fingerprint density at radius 2 is 2.13 bits per heavy atom. The van der Waals surface area contributed by atoms with Gasteiger partial charge in [-0.3, -0.25) is 10.1 Å². The van der Waals surface area contributed by atoms with Crippen LogP contribution in [0, 0.1) is 10.1 Å². The van der Waals surface area contributed by atoms with Crippen molar-refractivity contribution >= 4 is 21.3 Å². The summed E-state index contributed by atoms with van der Waals surface area (Å²) in [5, 5.41) is 10.1. The molecule has 0 spiro atoms. The number of nitro groups is 1. The molecule has 0 amide bonds. The molecular formula is C7H9N3O4S. The summed E-state index contributed by atoms with van der Waals surface area (Å²) in [4.78, 5) is 13.2. The van der Waals surface area contributed by atoms with E-state index in [2.05, 4.69) is 4.98 Å². The number of aromatic nitrogens is 1. The van der Waals surface area contributed by atoms with E-state index in [-0.39, 0.29) is 10.8 Å². The molecular weight excluding hydrogens is 222 g/mol. The van der Waals surface area contributed by atoms with Crippen molar-refractivity contribution < 1.29 is 13.3 Å². The highest BCUT2D eigenvalue weighted by atomic mass is 32.2. The van der Waals surface area contributed by atoms with Gasteiger partial charge in [-0.05, 0) is 6.07 Å². The monoisotopic (exact) mass is 231 g/mol. The molecule has 0 aromatic carbocycles. The van der Waals surface area contributed by atoms with Gasteiger partial charge >= 0.3 is 5.69 Å². The summed E-state index contributed by atoms with van der Waals surface area (Å²) < 4.78 is 22.7. The first-order valence-corrected chi connectivity index (χ1v) is 5.67. The summed E-state index contributed by atoms with van der Waals surface area (Å²) in [5.74, 6) is -0.522. The van der Waals surface area contributed by atoms with Gasteiger partial charge in [0.05, 0.1) is 10.7 Å². The van der Waals surface area contributed by atoms with Crippen LogP contribution in [-0.4, -0.2) is 24.1 Å². The number of hydrogen-bond donors (Lipinski definition) is 1. The zero-order chi connectivity index (χ0) is 11.6. The van der Waals surface area contributed by atoms with Crippen molar-refractivity contribution in [2.24, 2.45) is 0 Å². The van der Waals surface area contributed by atoms with Gasteiger partial charge in [0.2, 0.25) is 5.82 Å². The molecule has 0 aliphatic heterocycles. The van der Waals surface area contributed by atoms with Crippen LogP contribution in [0.1, 0.15) is 6.92 Å². The van der Waals surface area contributed by atoms with Crippen LogP contribution in [0.25, 0.3) is 0 Å². The van der Waals surface area contributed by atoms with Crippen LogP contribution in [0.3, 0.4) is 0 Å². The summed E-state index contributed by atoms with van der Waals surface area (Å²) in [7, 11) is -3.48. The van der Waals surface area contributed by atoms with Gasteiger partial charge in [0.25, 0.3) is 0 Å². The predicted molar refractivity (Wildman–Crippen MR) is 53.0 cm³/mol.